The molecule has 0 spiro atoms. The summed E-state index contributed by atoms with van der Waals surface area (Å²) in [6.45, 7) is 0.851. The van der Waals surface area contributed by atoms with Crippen LogP contribution < -0.4 is 10.1 Å². The van der Waals surface area contributed by atoms with Crippen LogP contribution in [0.4, 0.5) is 0 Å². The fraction of sp³-hybridized carbons (Fsp3) is 0.100. The van der Waals surface area contributed by atoms with Gasteiger partial charge in [-0.1, -0.05) is 36.4 Å². The van der Waals surface area contributed by atoms with Crippen LogP contribution in [0.1, 0.15) is 10.5 Å². The van der Waals surface area contributed by atoms with Crippen molar-refractivity contribution >= 4 is 38.7 Å². The zero-order valence-electron chi connectivity index (χ0n) is 13.8. The highest BCUT2D eigenvalue weighted by Gasteiger charge is 2.14. The van der Waals surface area contributed by atoms with Gasteiger partial charge in [-0.05, 0) is 18.2 Å². The Morgan fingerprint density at radius 3 is 2.69 bits per heavy atom. The van der Waals surface area contributed by atoms with Crippen LogP contribution >= 0.6 is 22.7 Å². The summed E-state index contributed by atoms with van der Waals surface area (Å²) in [6.07, 6.45) is 0. The van der Waals surface area contributed by atoms with Crippen molar-refractivity contribution in [1.82, 2.24) is 10.3 Å². The second kappa shape index (κ2) is 7.68. The molecule has 2 aromatic heterocycles. The van der Waals surface area contributed by atoms with E-state index >= 15 is 0 Å². The van der Waals surface area contributed by atoms with Crippen LogP contribution in [0.3, 0.4) is 0 Å². The lowest BCUT2D eigenvalue weighted by Gasteiger charge is -2.06. The molecule has 1 N–H and O–H groups in total. The normalized spacial score (nSPS) is 10.8. The predicted octanol–water partition coefficient (Wildman–Crippen LogP) is 4.83. The largest absolute Gasteiger partial charge is 0.492 e. The zero-order chi connectivity index (χ0) is 17.8. The molecule has 0 saturated heterocycles. The number of hydrogen-bond donors (Lipinski definition) is 1. The van der Waals surface area contributed by atoms with Gasteiger partial charge in [0, 0.05) is 26.4 Å². The maximum absolute atomic E-state index is 12.3. The minimum absolute atomic E-state index is 0.177. The van der Waals surface area contributed by atoms with E-state index in [9.17, 15) is 4.79 Å². The molecule has 1 amide bonds. The number of aromatic nitrogens is 1. The SMILES string of the molecule is O=C(NCCOc1ccccc1)c1csc(-c2csc3ccccc23)n1. The highest BCUT2D eigenvalue weighted by molar-refractivity contribution is 7.19. The second-order valence-corrected chi connectivity index (χ2v) is 7.37. The molecule has 2 heterocycles. The van der Waals surface area contributed by atoms with Crippen LogP contribution in [0.25, 0.3) is 20.7 Å². The van der Waals surface area contributed by atoms with Crippen molar-refractivity contribution in [1.29, 1.82) is 0 Å². The molecule has 0 bridgehead atoms. The van der Waals surface area contributed by atoms with Crippen LogP contribution in [0.5, 0.6) is 5.75 Å². The van der Waals surface area contributed by atoms with E-state index in [0.717, 1.165) is 16.3 Å². The molecule has 0 unspecified atom stereocenters. The molecule has 2 aromatic carbocycles. The van der Waals surface area contributed by atoms with Crippen molar-refractivity contribution in [3.05, 3.63) is 71.1 Å². The summed E-state index contributed by atoms with van der Waals surface area (Å²) in [5.41, 5.74) is 1.53. The lowest BCUT2D eigenvalue weighted by atomic mass is 10.2. The fourth-order valence-electron chi connectivity index (χ4n) is 2.59. The Morgan fingerprint density at radius 2 is 1.81 bits per heavy atom. The zero-order valence-corrected chi connectivity index (χ0v) is 15.5. The van der Waals surface area contributed by atoms with Gasteiger partial charge in [0.2, 0.25) is 0 Å². The van der Waals surface area contributed by atoms with E-state index in [1.807, 2.05) is 42.5 Å². The molecule has 26 heavy (non-hydrogen) atoms. The van der Waals surface area contributed by atoms with Crippen LogP contribution in [-0.2, 0) is 0 Å². The quantitative estimate of drug-likeness (QED) is 0.487. The smallest absolute Gasteiger partial charge is 0.270 e. The molecule has 0 atom stereocenters. The minimum atomic E-state index is -0.177. The van der Waals surface area contributed by atoms with E-state index in [1.165, 1.54) is 21.4 Å². The summed E-state index contributed by atoms with van der Waals surface area (Å²) in [5, 5.41) is 8.79. The van der Waals surface area contributed by atoms with Crippen molar-refractivity contribution < 1.29 is 9.53 Å². The molecule has 4 nitrogen and oxygen atoms in total. The Bertz CT molecular complexity index is 1020. The van der Waals surface area contributed by atoms with E-state index in [4.69, 9.17) is 4.74 Å². The summed E-state index contributed by atoms with van der Waals surface area (Å²) >= 11 is 3.18. The van der Waals surface area contributed by atoms with Gasteiger partial charge in [-0.3, -0.25) is 4.79 Å². The molecule has 0 aliphatic heterocycles. The number of fused-ring (bicyclic) bond motifs is 1. The summed E-state index contributed by atoms with van der Waals surface area (Å²) in [6, 6.07) is 17.8. The van der Waals surface area contributed by atoms with Gasteiger partial charge in [0.15, 0.2) is 0 Å². The monoisotopic (exact) mass is 380 g/mol. The first kappa shape index (κ1) is 16.8. The molecule has 0 aliphatic rings. The molecule has 0 radical (unpaired) electrons. The number of carbonyl (C=O) groups is 1. The summed E-state index contributed by atoms with van der Waals surface area (Å²) in [7, 11) is 0. The van der Waals surface area contributed by atoms with Gasteiger partial charge in [-0.25, -0.2) is 4.98 Å². The van der Waals surface area contributed by atoms with Crippen LogP contribution in [0.15, 0.2) is 65.4 Å². The first-order valence-corrected chi connectivity index (χ1v) is 9.95. The number of rotatable bonds is 6. The first-order chi connectivity index (χ1) is 12.8. The van der Waals surface area contributed by atoms with Crippen LogP contribution in [0, 0.1) is 0 Å². The summed E-state index contributed by atoms with van der Waals surface area (Å²) in [4.78, 5) is 16.8. The lowest BCUT2D eigenvalue weighted by Crippen LogP contribution is -2.28. The number of ether oxygens (including phenoxy) is 1. The molecule has 4 aromatic rings. The minimum Gasteiger partial charge on any atom is -0.492 e. The Hall–Kier alpha value is -2.70. The number of carbonyl (C=O) groups excluding carboxylic acids is 1. The fourth-order valence-corrected chi connectivity index (χ4v) is 4.44. The second-order valence-electron chi connectivity index (χ2n) is 5.60. The topological polar surface area (TPSA) is 51.2 Å². The van der Waals surface area contributed by atoms with E-state index in [-0.39, 0.29) is 5.91 Å². The molecular formula is C20H16N2O2S2. The average Bonchev–Trinajstić information content (AvgIpc) is 3.33. The molecule has 130 valence electrons. The highest BCUT2D eigenvalue weighted by Crippen LogP contribution is 2.35. The molecule has 0 saturated carbocycles. The van der Waals surface area contributed by atoms with E-state index in [1.54, 1.807) is 16.7 Å². The van der Waals surface area contributed by atoms with Gasteiger partial charge in [-0.15, -0.1) is 22.7 Å². The highest BCUT2D eigenvalue weighted by atomic mass is 32.1. The van der Waals surface area contributed by atoms with Gasteiger partial charge < -0.3 is 10.1 Å². The Balaban J connectivity index is 1.37. The number of thiazole rings is 1. The lowest BCUT2D eigenvalue weighted by molar-refractivity contribution is 0.0943. The van der Waals surface area contributed by atoms with E-state index in [0.29, 0.717) is 18.8 Å². The third-order valence-electron chi connectivity index (χ3n) is 3.85. The van der Waals surface area contributed by atoms with Crippen LogP contribution in [-0.4, -0.2) is 24.0 Å². The molecule has 4 rings (SSSR count). The van der Waals surface area contributed by atoms with Gasteiger partial charge in [-0.2, -0.15) is 0 Å². The van der Waals surface area contributed by atoms with Crippen molar-refractivity contribution in [2.75, 3.05) is 13.2 Å². The maximum atomic E-state index is 12.3. The molecule has 0 fully saturated rings. The molecular weight excluding hydrogens is 364 g/mol. The standard InChI is InChI=1S/C20H16N2O2S2/c23-19(21-10-11-24-14-6-2-1-3-7-14)17-13-26-20(22-17)16-12-25-18-9-5-4-8-15(16)18/h1-9,12-13H,10-11H2,(H,21,23). The van der Waals surface area contributed by atoms with Gasteiger partial charge in [0.25, 0.3) is 5.91 Å². The first-order valence-electron chi connectivity index (χ1n) is 8.19. The van der Waals surface area contributed by atoms with Gasteiger partial charge in [0.05, 0.1) is 6.54 Å². The average molecular weight is 380 g/mol. The summed E-state index contributed by atoms with van der Waals surface area (Å²) in [5.74, 6) is 0.616. The molecule has 6 heteroatoms. The molecule has 0 aliphatic carbocycles. The predicted molar refractivity (Wildman–Crippen MR) is 107 cm³/mol. The Kier molecular flexibility index (Phi) is 4.95. The third kappa shape index (κ3) is 3.61. The van der Waals surface area contributed by atoms with Crippen LogP contribution in [0.2, 0.25) is 0 Å². The number of nitrogens with one attached hydrogen (secondary N) is 1. The maximum Gasteiger partial charge on any atom is 0.270 e. The Labute approximate surface area is 159 Å². The van der Waals surface area contributed by atoms with E-state index < -0.39 is 0 Å². The Morgan fingerprint density at radius 1 is 1.00 bits per heavy atom. The van der Waals surface area contributed by atoms with Crippen molar-refractivity contribution in [3.8, 4) is 16.3 Å². The number of para-hydroxylation sites is 1. The number of hydrogen-bond acceptors (Lipinski definition) is 5. The number of amides is 1. The number of benzene rings is 2. The van der Waals surface area contributed by atoms with Crippen molar-refractivity contribution in [2.45, 2.75) is 0 Å². The van der Waals surface area contributed by atoms with Crippen molar-refractivity contribution in [2.24, 2.45) is 0 Å². The van der Waals surface area contributed by atoms with E-state index in [2.05, 4.69) is 27.8 Å². The summed E-state index contributed by atoms with van der Waals surface area (Å²) < 4.78 is 6.80. The number of thiophene rings is 1. The van der Waals surface area contributed by atoms with Crippen molar-refractivity contribution in [3.63, 3.8) is 0 Å². The van der Waals surface area contributed by atoms with Gasteiger partial charge in [0.1, 0.15) is 23.1 Å². The number of nitrogens with zero attached hydrogens (tertiary/aromatic N) is 1. The van der Waals surface area contributed by atoms with Gasteiger partial charge >= 0.3 is 0 Å². The third-order valence-corrected chi connectivity index (χ3v) is 5.69.